The Hall–Kier alpha value is -2.33. The molecule has 0 aliphatic carbocycles. The molecular formula is C17H24F3N3O3S. The number of aryl methyl sites for hydroxylation is 1. The van der Waals surface area contributed by atoms with E-state index >= 15 is 0 Å². The molecule has 2 aromatic rings. The molecule has 0 saturated carbocycles. The van der Waals surface area contributed by atoms with E-state index in [9.17, 15) is 26.4 Å². The van der Waals surface area contributed by atoms with Gasteiger partial charge in [0.2, 0.25) is 10.0 Å². The fraction of sp³-hybridized carbons (Fsp3) is 0.353. The monoisotopic (exact) mass is 407 g/mol. The van der Waals surface area contributed by atoms with E-state index in [0.717, 1.165) is 35.0 Å². The summed E-state index contributed by atoms with van der Waals surface area (Å²) in [7, 11) is -3.89. The molecule has 0 fully saturated rings. The lowest BCUT2D eigenvalue weighted by atomic mass is 10.3. The molecule has 152 valence electrons. The number of aromatic nitrogens is 1. The number of amides is 1. The quantitative estimate of drug-likeness (QED) is 0.702. The Bertz CT molecular complexity index is 939. The van der Waals surface area contributed by atoms with Crippen LogP contribution >= 0.6 is 0 Å². The molecule has 1 aromatic heterocycles. The summed E-state index contributed by atoms with van der Waals surface area (Å²) in [4.78, 5) is 12.3. The SMILES string of the molecule is CC[C@@H](C)NS(=O)(=O)c1cc(C(=O)Nc2ccc(F)c(F)c2)n(CCF)c1.[HH].[HH]. The van der Waals surface area contributed by atoms with Crippen LogP contribution in [0.15, 0.2) is 35.4 Å². The van der Waals surface area contributed by atoms with E-state index in [1.54, 1.807) is 6.92 Å². The minimum absolute atomic E-state index is 0. The first kappa shape index (κ1) is 21.0. The largest absolute Gasteiger partial charge is 0.339 e. The maximum absolute atomic E-state index is 13.3. The zero-order valence-electron chi connectivity index (χ0n) is 14.8. The van der Waals surface area contributed by atoms with Crippen LogP contribution in [0.1, 0.15) is 33.6 Å². The molecule has 1 aromatic carbocycles. The number of nitrogens with zero attached hydrogens (tertiary/aromatic N) is 1. The zero-order valence-corrected chi connectivity index (χ0v) is 15.6. The second-order valence-corrected chi connectivity index (χ2v) is 7.67. The van der Waals surface area contributed by atoms with Gasteiger partial charge in [-0.05, 0) is 31.5 Å². The molecule has 0 bridgehead atoms. The molecule has 2 rings (SSSR count). The van der Waals surface area contributed by atoms with Crippen molar-refractivity contribution >= 4 is 21.6 Å². The standard InChI is InChI=1S/C17H20F3N3O3S.2H2/c1-3-11(2)22-27(25,26)13-9-16(23(10-13)7-6-18)17(24)21-12-4-5-14(19)15(20)8-12;;/h4-5,8-11,22H,3,6-7H2,1-2H3,(H,21,24);2*1H/t11-;;/m1../s1. The lowest BCUT2D eigenvalue weighted by Crippen LogP contribution is -2.31. The van der Waals surface area contributed by atoms with Crippen molar-refractivity contribution < 1.29 is 29.2 Å². The Morgan fingerprint density at radius 2 is 1.96 bits per heavy atom. The summed E-state index contributed by atoms with van der Waals surface area (Å²) in [5.41, 5.74) is -0.143. The van der Waals surface area contributed by atoms with Crippen molar-refractivity contribution in [1.29, 1.82) is 0 Å². The number of carbonyl (C=O) groups excluding carboxylic acids is 1. The third-order valence-electron chi connectivity index (χ3n) is 3.89. The molecule has 0 spiro atoms. The molecule has 0 aliphatic heterocycles. The summed E-state index contributed by atoms with van der Waals surface area (Å²) < 4.78 is 67.5. The van der Waals surface area contributed by atoms with Gasteiger partial charge < -0.3 is 9.88 Å². The van der Waals surface area contributed by atoms with E-state index in [1.165, 1.54) is 0 Å². The average Bonchev–Trinajstić information content (AvgIpc) is 3.03. The third-order valence-corrected chi connectivity index (χ3v) is 5.44. The minimum Gasteiger partial charge on any atom is -0.339 e. The number of rotatable bonds is 8. The van der Waals surface area contributed by atoms with Crippen molar-refractivity contribution in [3.63, 3.8) is 0 Å². The molecule has 6 nitrogen and oxygen atoms in total. The van der Waals surface area contributed by atoms with E-state index in [-0.39, 0.29) is 31.7 Å². The normalized spacial score (nSPS) is 12.8. The highest BCUT2D eigenvalue weighted by Crippen LogP contribution is 2.19. The van der Waals surface area contributed by atoms with Gasteiger partial charge in [0.25, 0.3) is 5.91 Å². The molecule has 0 aliphatic rings. The molecule has 0 saturated heterocycles. The summed E-state index contributed by atoms with van der Waals surface area (Å²) in [6.45, 7) is 2.44. The number of carbonyl (C=O) groups is 1. The van der Waals surface area contributed by atoms with Crippen molar-refractivity contribution in [2.24, 2.45) is 0 Å². The van der Waals surface area contributed by atoms with Gasteiger partial charge >= 0.3 is 0 Å². The molecule has 2 N–H and O–H groups in total. The molecule has 10 heteroatoms. The maximum atomic E-state index is 13.3. The number of sulfonamides is 1. The van der Waals surface area contributed by atoms with Crippen LogP contribution in [0, 0.1) is 11.6 Å². The molecule has 1 amide bonds. The van der Waals surface area contributed by atoms with Gasteiger partial charge in [0.05, 0.1) is 6.54 Å². The van der Waals surface area contributed by atoms with Crippen molar-refractivity contribution in [3.8, 4) is 0 Å². The first-order valence-electron chi connectivity index (χ1n) is 8.22. The predicted octanol–water partition coefficient (Wildman–Crippen LogP) is 3.56. The molecule has 0 radical (unpaired) electrons. The number of halogens is 3. The third kappa shape index (κ3) is 5.10. The van der Waals surface area contributed by atoms with Gasteiger partial charge in [-0.2, -0.15) is 0 Å². The lowest BCUT2D eigenvalue weighted by Gasteiger charge is -2.10. The van der Waals surface area contributed by atoms with Gasteiger partial charge in [0, 0.05) is 26.8 Å². The van der Waals surface area contributed by atoms with Crippen LogP contribution in [0.5, 0.6) is 0 Å². The molecule has 0 unspecified atom stereocenters. The van der Waals surface area contributed by atoms with E-state index in [2.05, 4.69) is 10.0 Å². The van der Waals surface area contributed by atoms with Gasteiger partial charge in [0.1, 0.15) is 17.3 Å². The first-order chi connectivity index (χ1) is 12.7. The number of benzene rings is 1. The lowest BCUT2D eigenvalue weighted by molar-refractivity contribution is 0.101. The van der Waals surface area contributed by atoms with Gasteiger partial charge in [-0.15, -0.1) is 0 Å². The van der Waals surface area contributed by atoms with Gasteiger partial charge in [0.15, 0.2) is 11.6 Å². The fourth-order valence-corrected chi connectivity index (χ4v) is 3.65. The molecule has 1 heterocycles. The Kier molecular flexibility index (Phi) is 6.66. The van der Waals surface area contributed by atoms with Gasteiger partial charge in [-0.25, -0.2) is 26.3 Å². The number of hydrogen-bond acceptors (Lipinski definition) is 3. The predicted molar refractivity (Wildman–Crippen MR) is 99.0 cm³/mol. The summed E-state index contributed by atoms with van der Waals surface area (Å²) in [5, 5.41) is 2.34. The molecule has 1 atom stereocenters. The molecule has 27 heavy (non-hydrogen) atoms. The Morgan fingerprint density at radius 3 is 2.56 bits per heavy atom. The van der Waals surface area contributed by atoms with E-state index in [0.29, 0.717) is 6.42 Å². The number of alkyl halides is 1. The van der Waals surface area contributed by atoms with E-state index < -0.39 is 34.2 Å². The smallest absolute Gasteiger partial charge is 0.272 e. The number of nitrogens with one attached hydrogen (secondary N) is 2. The van der Waals surface area contributed by atoms with Crippen LogP contribution in [0.3, 0.4) is 0 Å². The highest BCUT2D eigenvalue weighted by atomic mass is 32.2. The van der Waals surface area contributed by atoms with Crippen LogP contribution < -0.4 is 10.0 Å². The van der Waals surface area contributed by atoms with E-state index in [4.69, 9.17) is 0 Å². The summed E-state index contributed by atoms with van der Waals surface area (Å²) >= 11 is 0. The zero-order chi connectivity index (χ0) is 20.2. The van der Waals surface area contributed by atoms with Crippen LogP contribution in [0.4, 0.5) is 18.9 Å². The minimum atomic E-state index is -3.89. The highest BCUT2D eigenvalue weighted by molar-refractivity contribution is 7.89. The number of hydrogen-bond donors (Lipinski definition) is 2. The summed E-state index contributed by atoms with van der Waals surface area (Å²) in [6, 6.07) is 3.57. The number of anilines is 1. The van der Waals surface area contributed by atoms with Crippen LogP contribution in [0.25, 0.3) is 0 Å². The van der Waals surface area contributed by atoms with Crippen LogP contribution in [-0.4, -0.2) is 31.6 Å². The highest BCUT2D eigenvalue weighted by Gasteiger charge is 2.23. The van der Waals surface area contributed by atoms with Crippen LogP contribution in [-0.2, 0) is 16.6 Å². The van der Waals surface area contributed by atoms with Gasteiger partial charge in [-0.3, -0.25) is 4.79 Å². The van der Waals surface area contributed by atoms with Crippen molar-refractivity contribution in [1.82, 2.24) is 9.29 Å². The van der Waals surface area contributed by atoms with E-state index in [1.807, 2.05) is 6.92 Å². The van der Waals surface area contributed by atoms with Crippen molar-refractivity contribution in [2.45, 2.75) is 37.8 Å². The Morgan fingerprint density at radius 1 is 1.26 bits per heavy atom. The second kappa shape index (κ2) is 8.57. The maximum Gasteiger partial charge on any atom is 0.272 e. The van der Waals surface area contributed by atoms with Crippen molar-refractivity contribution in [3.05, 3.63) is 47.8 Å². The fourth-order valence-electron chi connectivity index (χ4n) is 2.28. The van der Waals surface area contributed by atoms with Crippen LogP contribution in [0.2, 0.25) is 0 Å². The van der Waals surface area contributed by atoms with Gasteiger partial charge in [-0.1, -0.05) is 6.92 Å². The molecular weight excluding hydrogens is 383 g/mol. The average molecular weight is 407 g/mol. The summed E-state index contributed by atoms with van der Waals surface area (Å²) in [5.74, 6) is -2.99. The van der Waals surface area contributed by atoms with Crippen molar-refractivity contribution in [2.75, 3.05) is 12.0 Å². The Labute approximate surface area is 158 Å². The second-order valence-electron chi connectivity index (χ2n) is 5.96. The summed E-state index contributed by atoms with van der Waals surface area (Å²) in [6.07, 6.45) is 1.72. The Balaban J connectivity index is 0.00000392. The topological polar surface area (TPSA) is 80.2 Å². The first-order valence-corrected chi connectivity index (χ1v) is 9.71.